The van der Waals surface area contributed by atoms with Crippen LogP contribution in [0.1, 0.15) is 37.4 Å². The number of likely N-dealkylation sites (N-methyl/N-ethyl adjacent to an activating group) is 1. The predicted molar refractivity (Wildman–Crippen MR) is 120 cm³/mol. The summed E-state index contributed by atoms with van der Waals surface area (Å²) in [7, 11) is 2.13. The molecule has 0 amide bonds. The zero-order valence-corrected chi connectivity index (χ0v) is 18.2. The standard InChI is InChI=1S/C23H34N6O/c1-16-5-3-4-8-29(16)22-13-24-12-17-6-10-28(15-19(17)22)26-21-11-18-14-27(2)9-7-20(18)25-23(21)30/h6,10-11,16,22,24,26H,3-5,7-9,12-15H2,1-2H3,(H,25,30)/t16?,22-/m0/s1. The van der Waals surface area contributed by atoms with Gasteiger partial charge < -0.3 is 15.2 Å². The Bertz CT molecular complexity index is 919. The summed E-state index contributed by atoms with van der Waals surface area (Å²) >= 11 is 0. The minimum Gasteiger partial charge on any atom is -0.324 e. The van der Waals surface area contributed by atoms with Crippen LogP contribution < -0.4 is 16.3 Å². The zero-order valence-electron chi connectivity index (χ0n) is 18.2. The maximum atomic E-state index is 12.7. The first-order chi connectivity index (χ1) is 14.6. The topological polar surface area (TPSA) is 66.6 Å². The van der Waals surface area contributed by atoms with E-state index in [0.29, 0.717) is 17.8 Å². The molecule has 1 fully saturated rings. The molecule has 1 aromatic heterocycles. The molecule has 5 rings (SSSR count). The molecule has 4 aliphatic rings. The molecule has 0 spiro atoms. The van der Waals surface area contributed by atoms with Gasteiger partial charge in [-0.25, -0.2) is 0 Å². The number of hydrogen-bond donors (Lipinski definition) is 3. The number of piperidine rings is 1. The third-order valence-corrected chi connectivity index (χ3v) is 7.18. The van der Waals surface area contributed by atoms with E-state index in [1.165, 1.54) is 42.5 Å². The fourth-order valence-electron chi connectivity index (χ4n) is 5.45. The summed E-state index contributed by atoms with van der Waals surface area (Å²) < 4.78 is 0. The summed E-state index contributed by atoms with van der Waals surface area (Å²) in [4.78, 5) is 20.8. The van der Waals surface area contributed by atoms with Crippen LogP contribution in [0.3, 0.4) is 0 Å². The number of aromatic nitrogens is 1. The Morgan fingerprint density at radius 3 is 2.97 bits per heavy atom. The van der Waals surface area contributed by atoms with Gasteiger partial charge in [-0.15, -0.1) is 0 Å². The highest BCUT2D eigenvalue weighted by molar-refractivity contribution is 5.46. The normalized spacial score (nSPS) is 27.7. The van der Waals surface area contributed by atoms with E-state index in [1.807, 2.05) is 6.07 Å². The molecule has 0 bridgehead atoms. The third-order valence-electron chi connectivity index (χ3n) is 7.18. The van der Waals surface area contributed by atoms with Crippen LogP contribution in [-0.2, 0) is 13.0 Å². The highest BCUT2D eigenvalue weighted by atomic mass is 16.1. The molecule has 3 N–H and O–H groups in total. The fraction of sp³-hybridized carbons (Fsp3) is 0.609. The molecule has 1 aromatic rings. The number of likely N-dealkylation sites (tertiary alicyclic amines) is 1. The van der Waals surface area contributed by atoms with Gasteiger partial charge in [-0.2, -0.15) is 0 Å². The average molecular weight is 411 g/mol. The van der Waals surface area contributed by atoms with Gasteiger partial charge >= 0.3 is 0 Å². The van der Waals surface area contributed by atoms with Crippen LogP contribution in [0.25, 0.3) is 0 Å². The zero-order chi connectivity index (χ0) is 20.7. The van der Waals surface area contributed by atoms with Gasteiger partial charge in [0.25, 0.3) is 5.56 Å². The average Bonchev–Trinajstić information content (AvgIpc) is 2.75. The number of aromatic amines is 1. The van der Waals surface area contributed by atoms with Crippen molar-refractivity contribution in [2.24, 2.45) is 0 Å². The van der Waals surface area contributed by atoms with Gasteiger partial charge in [0.15, 0.2) is 0 Å². The van der Waals surface area contributed by atoms with Crippen molar-refractivity contribution < 1.29 is 0 Å². The Hall–Kier alpha value is -2.09. The monoisotopic (exact) mass is 410 g/mol. The molecule has 7 nitrogen and oxygen atoms in total. The van der Waals surface area contributed by atoms with Crippen molar-refractivity contribution in [2.75, 3.05) is 45.2 Å². The molecule has 1 saturated heterocycles. The maximum Gasteiger partial charge on any atom is 0.273 e. The van der Waals surface area contributed by atoms with Crippen LogP contribution >= 0.6 is 0 Å². The Labute approximate surface area is 178 Å². The first-order valence-corrected chi connectivity index (χ1v) is 11.4. The fourth-order valence-corrected chi connectivity index (χ4v) is 5.45. The number of fused-ring (bicyclic) bond motifs is 1. The SMILES string of the molecule is CC1CCCCN1[C@H]1CNCC2=C1CN(Nc1cc3c([nH]c1=O)CCN(C)C3)C=C2. The molecular formula is C23H34N6O. The van der Waals surface area contributed by atoms with Crippen LogP contribution in [0.4, 0.5) is 5.69 Å². The maximum absolute atomic E-state index is 12.7. The van der Waals surface area contributed by atoms with Gasteiger partial charge in [0.1, 0.15) is 5.69 Å². The van der Waals surface area contributed by atoms with E-state index in [-0.39, 0.29) is 5.56 Å². The van der Waals surface area contributed by atoms with Crippen molar-refractivity contribution in [3.63, 3.8) is 0 Å². The van der Waals surface area contributed by atoms with Gasteiger partial charge in [-0.3, -0.25) is 20.1 Å². The van der Waals surface area contributed by atoms with Crippen molar-refractivity contribution in [3.8, 4) is 0 Å². The third kappa shape index (κ3) is 3.82. The first-order valence-electron chi connectivity index (χ1n) is 11.4. The van der Waals surface area contributed by atoms with E-state index < -0.39 is 0 Å². The van der Waals surface area contributed by atoms with E-state index in [4.69, 9.17) is 0 Å². The lowest BCUT2D eigenvalue weighted by Crippen LogP contribution is -2.54. The number of nitrogens with zero attached hydrogens (tertiary/aromatic N) is 3. The van der Waals surface area contributed by atoms with Crippen LogP contribution in [0.15, 0.2) is 34.3 Å². The number of hydrazine groups is 1. The quantitative estimate of drug-likeness (QED) is 0.704. The minimum absolute atomic E-state index is 0.0296. The molecule has 4 aliphatic heterocycles. The van der Waals surface area contributed by atoms with Crippen molar-refractivity contribution >= 4 is 5.69 Å². The number of nitrogens with one attached hydrogen (secondary N) is 3. The van der Waals surface area contributed by atoms with E-state index in [9.17, 15) is 4.79 Å². The van der Waals surface area contributed by atoms with Gasteiger partial charge in [0.05, 0.1) is 6.54 Å². The number of rotatable bonds is 3. The smallest absolute Gasteiger partial charge is 0.273 e. The van der Waals surface area contributed by atoms with E-state index >= 15 is 0 Å². The lowest BCUT2D eigenvalue weighted by Gasteiger charge is -2.45. The lowest BCUT2D eigenvalue weighted by atomic mass is 9.90. The predicted octanol–water partition coefficient (Wildman–Crippen LogP) is 1.66. The molecular weight excluding hydrogens is 376 g/mol. The molecule has 0 aromatic carbocycles. The van der Waals surface area contributed by atoms with Crippen molar-refractivity contribution in [3.05, 3.63) is 51.1 Å². The van der Waals surface area contributed by atoms with Crippen molar-refractivity contribution in [2.45, 2.75) is 51.2 Å². The van der Waals surface area contributed by atoms with Crippen LogP contribution in [0, 0.1) is 0 Å². The highest BCUT2D eigenvalue weighted by Crippen LogP contribution is 2.29. The first kappa shape index (κ1) is 19.8. The Balaban J connectivity index is 1.35. The summed E-state index contributed by atoms with van der Waals surface area (Å²) in [5.41, 5.74) is 9.20. The Kier molecular flexibility index (Phi) is 5.43. The number of H-pyrrole nitrogens is 1. The van der Waals surface area contributed by atoms with Crippen LogP contribution in [0.5, 0.6) is 0 Å². The molecule has 0 radical (unpaired) electrons. The summed E-state index contributed by atoms with van der Waals surface area (Å²) in [6.07, 6.45) is 9.11. The van der Waals surface area contributed by atoms with Crippen LogP contribution in [0.2, 0.25) is 0 Å². The largest absolute Gasteiger partial charge is 0.324 e. The van der Waals surface area contributed by atoms with E-state index in [2.05, 4.69) is 56.8 Å². The lowest BCUT2D eigenvalue weighted by molar-refractivity contribution is 0.115. The molecule has 162 valence electrons. The number of anilines is 1. The van der Waals surface area contributed by atoms with Crippen molar-refractivity contribution in [1.82, 2.24) is 25.1 Å². The highest BCUT2D eigenvalue weighted by Gasteiger charge is 2.33. The summed E-state index contributed by atoms with van der Waals surface area (Å²) in [5.74, 6) is 0. The summed E-state index contributed by atoms with van der Waals surface area (Å²) in [6.45, 7) is 8.18. The molecule has 1 unspecified atom stereocenters. The van der Waals surface area contributed by atoms with Gasteiger partial charge in [0.2, 0.25) is 0 Å². The second-order valence-electron chi connectivity index (χ2n) is 9.34. The second kappa shape index (κ2) is 8.21. The van der Waals surface area contributed by atoms with E-state index in [0.717, 1.165) is 44.8 Å². The van der Waals surface area contributed by atoms with Gasteiger partial charge in [-0.1, -0.05) is 6.42 Å². The minimum atomic E-state index is -0.0296. The van der Waals surface area contributed by atoms with Gasteiger partial charge in [0, 0.05) is 56.6 Å². The molecule has 30 heavy (non-hydrogen) atoms. The second-order valence-corrected chi connectivity index (χ2v) is 9.34. The van der Waals surface area contributed by atoms with Gasteiger partial charge in [-0.05, 0) is 62.2 Å². The van der Waals surface area contributed by atoms with Crippen molar-refractivity contribution in [1.29, 1.82) is 0 Å². The van der Waals surface area contributed by atoms with E-state index in [1.54, 1.807) is 0 Å². The molecule has 0 saturated carbocycles. The molecule has 7 heteroatoms. The molecule has 5 heterocycles. The number of pyridine rings is 1. The summed E-state index contributed by atoms with van der Waals surface area (Å²) in [5, 5.41) is 5.69. The molecule has 2 atom stereocenters. The summed E-state index contributed by atoms with van der Waals surface area (Å²) in [6, 6.07) is 3.10. The number of hydrogen-bond acceptors (Lipinski definition) is 6. The molecule has 0 aliphatic carbocycles. The Morgan fingerprint density at radius 1 is 1.20 bits per heavy atom. The van der Waals surface area contributed by atoms with Crippen LogP contribution in [-0.4, -0.2) is 71.6 Å². The Morgan fingerprint density at radius 2 is 2.10 bits per heavy atom.